The van der Waals surface area contributed by atoms with E-state index in [0.717, 1.165) is 4.47 Å². The molecule has 0 saturated heterocycles. The van der Waals surface area contributed by atoms with Gasteiger partial charge in [0.15, 0.2) is 0 Å². The van der Waals surface area contributed by atoms with Crippen LogP contribution in [-0.4, -0.2) is 0 Å². The van der Waals surface area contributed by atoms with Gasteiger partial charge in [-0.15, -0.1) is 0 Å². The lowest BCUT2D eigenvalue weighted by Crippen LogP contribution is -2.28. The van der Waals surface area contributed by atoms with Gasteiger partial charge in [-0.3, -0.25) is 0 Å². The Bertz CT molecular complexity index is 1210. The molecule has 5 rings (SSSR count). The van der Waals surface area contributed by atoms with Crippen LogP contribution >= 0.6 is 15.9 Å². The lowest BCUT2D eigenvalue weighted by molar-refractivity contribution is 0.589. The minimum Gasteiger partial charge on any atom is -0.0622 e. The Labute approximate surface area is 187 Å². The van der Waals surface area contributed by atoms with E-state index in [0.29, 0.717) is 0 Å². The van der Waals surface area contributed by atoms with Crippen LogP contribution in [0.15, 0.2) is 102 Å². The summed E-state index contributed by atoms with van der Waals surface area (Å²) in [6.45, 7) is 6.81. The van der Waals surface area contributed by atoms with Gasteiger partial charge in [0.1, 0.15) is 0 Å². The first-order chi connectivity index (χ1) is 14.4. The average Bonchev–Trinajstić information content (AvgIpc) is 3.06. The molecule has 30 heavy (non-hydrogen) atoms. The highest BCUT2D eigenvalue weighted by Crippen LogP contribution is 2.57. The standard InChI is InChI=1S/C29H25Br/c1-28(2,3)20-16-18-22(19-17-20)29(21-10-5-4-6-11-21)24-13-8-7-12-23(24)27-25(29)14-9-15-26(27)30/h4-19H,1-3H3. The molecule has 0 aromatic heterocycles. The number of benzene rings is 4. The first kappa shape index (κ1) is 19.3. The zero-order valence-corrected chi connectivity index (χ0v) is 19.2. The third-order valence-corrected chi connectivity index (χ3v) is 7.07. The van der Waals surface area contributed by atoms with Crippen molar-refractivity contribution in [2.75, 3.05) is 0 Å². The minimum atomic E-state index is -0.326. The van der Waals surface area contributed by atoms with Crippen molar-refractivity contribution in [1.82, 2.24) is 0 Å². The maximum absolute atomic E-state index is 3.85. The van der Waals surface area contributed by atoms with Crippen LogP contribution in [-0.2, 0) is 10.8 Å². The highest BCUT2D eigenvalue weighted by molar-refractivity contribution is 9.10. The van der Waals surface area contributed by atoms with Crippen LogP contribution in [0.1, 0.15) is 48.6 Å². The molecule has 1 aliphatic rings. The van der Waals surface area contributed by atoms with Crippen LogP contribution in [0.3, 0.4) is 0 Å². The van der Waals surface area contributed by atoms with Gasteiger partial charge in [0, 0.05) is 10.0 Å². The Balaban J connectivity index is 1.90. The van der Waals surface area contributed by atoms with E-state index in [2.05, 4.69) is 134 Å². The van der Waals surface area contributed by atoms with E-state index in [-0.39, 0.29) is 10.8 Å². The maximum Gasteiger partial charge on any atom is 0.0713 e. The number of fused-ring (bicyclic) bond motifs is 3. The van der Waals surface area contributed by atoms with Crippen LogP contribution in [0.5, 0.6) is 0 Å². The Morgan fingerprint density at radius 3 is 1.90 bits per heavy atom. The predicted octanol–water partition coefficient (Wildman–Crippen LogP) is 8.11. The monoisotopic (exact) mass is 452 g/mol. The molecule has 0 bridgehead atoms. The highest BCUT2D eigenvalue weighted by atomic mass is 79.9. The van der Waals surface area contributed by atoms with Gasteiger partial charge < -0.3 is 0 Å². The molecule has 1 atom stereocenters. The second-order valence-corrected chi connectivity index (χ2v) is 10.0. The Kier molecular flexibility index (Phi) is 4.48. The molecule has 1 aliphatic carbocycles. The van der Waals surface area contributed by atoms with Crippen LogP contribution in [0.4, 0.5) is 0 Å². The third-order valence-electron chi connectivity index (χ3n) is 6.41. The topological polar surface area (TPSA) is 0 Å². The van der Waals surface area contributed by atoms with E-state index in [4.69, 9.17) is 0 Å². The fourth-order valence-electron chi connectivity index (χ4n) is 4.98. The lowest BCUT2D eigenvalue weighted by Gasteiger charge is -2.34. The minimum absolute atomic E-state index is 0.132. The second-order valence-electron chi connectivity index (χ2n) is 9.15. The van der Waals surface area contributed by atoms with Crippen molar-refractivity contribution in [1.29, 1.82) is 0 Å². The molecule has 0 nitrogen and oxygen atoms in total. The largest absolute Gasteiger partial charge is 0.0713 e. The summed E-state index contributed by atoms with van der Waals surface area (Å²) in [4.78, 5) is 0. The molecule has 0 saturated carbocycles. The fraction of sp³-hybridized carbons (Fsp3) is 0.172. The molecule has 0 aliphatic heterocycles. The zero-order valence-electron chi connectivity index (χ0n) is 17.6. The van der Waals surface area contributed by atoms with Crippen LogP contribution < -0.4 is 0 Å². The SMILES string of the molecule is CC(C)(C)c1ccc(C2(c3ccccc3)c3ccccc3-c3c(Br)cccc32)cc1. The van der Waals surface area contributed by atoms with E-state index >= 15 is 0 Å². The summed E-state index contributed by atoms with van der Waals surface area (Å²) in [5, 5.41) is 0. The molecule has 0 fully saturated rings. The van der Waals surface area contributed by atoms with Crippen molar-refractivity contribution >= 4 is 15.9 Å². The van der Waals surface area contributed by atoms with E-state index in [9.17, 15) is 0 Å². The predicted molar refractivity (Wildman–Crippen MR) is 130 cm³/mol. The summed E-state index contributed by atoms with van der Waals surface area (Å²) >= 11 is 3.85. The number of hydrogen-bond acceptors (Lipinski definition) is 0. The summed E-state index contributed by atoms with van der Waals surface area (Å²) < 4.78 is 1.15. The molecular weight excluding hydrogens is 428 g/mol. The summed E-state index contributed by atoms with van der Waals surface area (Å²) in [6.07, 6.45) is 0. The number of hydrogen-bond donors (Lipinski definition) is 0. The third kappa shape index (κ3) is 2.72. The van der Waals surface area contributed by atoms with E-state index in [1.165, 1.54) is 38.9 Å². The van der Waals surface area contributed by atoms with Gasteiger partial charge in [-0.1, -0.05) is 128 Å². The normalized spacial score (nSPS) is 17.5. The van der Waals surface area contributed by atoms with Crippen molar-refractivity contribution in [2.24, 2.45) is 0 Å². The first-order valence-corrected chi connectivity index (χ1v) is 11.3. The smallest absolute Gasteiger partial charge is 0.0622 e. The van der Waals surface area contributed by atoms with Crippen LogP contribution in [0, 0.1) is 0 Å². The highest BCUT2D eigenvalue weighted by Gasteiger charge is 2.46. The van der Waals surface area contributed by atoms with E-state index in [1.807, 2.05) is 0 Å². The van der Waals surface area contributed by atoms with Gasteiger partial charge in [0.05, 0.1) is 5.41 Å². The molecule has 0 heterocycles. The summed E-state index contributed by atoms with van der Waals surface area (Å²) in [6, 6.07) is 35.7. The molecule has 4 aromatic rings. The van der Waals surface area contributed by atoms with Gasteiger partial charge >= 0.3 is 0 Å². The first-order valence-electron chi connectivity index (χ1n) is 10.5. The molecule has 0 amide bonds. The Morgan fingerprint density at radius 2 is 1.20 bits per heavy atom. The number of halogens is 1. The van der Waals surface area contributed by atoms with Gasteiger partial charge in [0.2, 0.25) is 0 Å². The Morgan fingerprint density at radius 1 is 0.600 bits per heavy atom. The van der Waals surface area contributed by atoms with Gasteiger partial charge in [-0.25, -0.2) is 0 Å². The quantitative estimate of drug-likeness (QED) is 0.253. The van der Waals surface area contributed by atoms with Crippen molar-refractivity contribution in [2.45, 2.75) is 31.6 Å². The summed E-state index contributed by atoms with van der Waals surface area (Å²) in [5.74, 6) is 0. The molecule has 4 aromatic carbocycles. The average molecular weight is 453 g/mol. The van der Waals surface area contributed by atoms with E-state index < -0.39 is 0 Å². The maximum atomic E-state index is 3.85. The van der Waals surface area contributed by atoms with Crippen LogP contribution in [0.25, 0.3) is 11.1 Å². The molecule has 148 valence electrons. The molecule has 1 unspecified atom stereocenters. The second kappa shape index (κ2) is 6.96. The lowest BCUT2D eigenvalue weighted by atomic mass is 9.67. The Hall–Kier alpha value is -2.64. The van der Waals surface area contributed by atoms with Gasteiger partial charge in [0.25, 0.3) is 0 Å². The van der Waals surface area contributed by atoms with E-state index in [1.54, 1.807) is 0 Å². The summed E-state index contributed by atoms with van der Waals surface area (Å²) in [7, 11) is 0. The van der Waals surface area contributed by atoms with Crippen molar-refractivity contribution < 1.29 is 0 Å². The molecule has 0 spiro atoms. The van der Waals surface area contributed by atoms with Crippen molar-refractivity contribution in [3.63, 3.8) is 0 Å². The molecule has 0 radical (unpaired) electrons. The summed E-state index contributed by atoms with van der Waals surface area (Å²) in [5.41, 5.74) is 9.08. The molecule has 0 N–H and O–H groups in total. The van der Waals surface area contributed by atoms with Gasteiger partial charge in [-0.2, -0.15) is 0 Å². The molecular formula is C29H25Br. The number of rotatable bonds is 2. The fourth-order valence-corrected chi connectivity index (χ4v) is 5.56. The van der Waals surface area contributed by atoms with Crippen LogP contribution in [0.2, 0.25) is 0 Å². The zero-order chi connectivity index (χ0) is 20.9. The van der Waals surface area contributed by atoms with Crippen molar-refractivity contribution in [3.05, 3.63) is 129 Å². The van der Waals surface area contributed by atoms with Gasteiger partial charge in [-0.05, 0) is 44.9 Å². The molecule has 1 heteroatoms. The van der Waals surface area contributed by atoms with Crippen molar-refractivity contribution in [3.8, 4) is 11.1 Å².